The van der Waals surface area contributed by atoms with Crippen LogP contribution in [-0.4, -0.2) is 19.4 Å². The smallest absolute Gasteiger partial charge is 0.238 e. The Bertz CT molecular complexity index is 554. The number of sulfonamides is 1. The zero-order chi connectivity index (χ0) is 13.1. The fourth-order valence-corrected chi connectivity index (χ4v) is 1.89. The lowest BCUT2D eigenvalue weighted by molar-refractivity contribution is -0.117. The molecule has 0 aliphatic rings. The van der Waals surface area contributed by atoms with Crippen molar-refractivity contribution in [1.29, 1.82) is 0 Å². The van der Waals surface area contributed by atoms with E-state index in [2.05, 4.69) is 10.6 Å². The minimum Gasteiger partial charge on any atom is -0.332 e. The monoisotopic (exact) mass is 273 g/mol. The lowest BCUT2D eigenvalue weighted by Gasteiger charge is -2.08. The van der Waals surface area contributed by atoms with E-state index >= 15 is 0 Å². The van der Waals surface area contributed by atoms with Crippen molar-refractivity contribution in [3.8, 4) is 0 Å². The molecule has 1 amide bonds. The van der Waals surface area contributed by atoms with Gasteiger partial charge in [-0.15, -0.1) is 0 Å². The lowest BCUT2D eigenvalue weighted by Crippen LogP contribution is -2.32. The summed E-state index contributed by atoms with van der Waals surface area (Å²) in [5.74, 6) is -0.315. The number of benzene rings is 1. The van der Waals surface area contributed by atoms with Crippen molar-refractivity contribution in [2.24, 2.45) is 5.14 Å². The van der Waals surface area contributed by atoms with Crippen molar-refractivity contribution < 1.29 is 13.2 Å². The highest BCUT2D eigenvalue weighted by Gasteiger charge is 2.08. The van der Waals surface area contributed by atoms with Crippen molar-refractivity contribution >= 4 is 38.9 Å². The zero-order valence-corrected chi connectivity index (χ0v) is 10.6. The molecular weight excluding hydrogens is 262 g/mol. The van der Waals surface area contributed by atoms with E-state index in [1.807, 2.05) is 0 Å². The Kier molecular flexibility index (Phi) is 4.16. The summed E-state index contributed by atoms with van der Waals surface area (Å²) in [6.07, 6.45) is 0. The minimum atomic E-state index is -3.75. The van der Waals surface area contributed by atoms with E-state index in [-0.39, 0.29) is 15.9 Å². The third kappa shape index (κ3) is 4.47. The number of primary sulfonamides is 1. The molecule has 0 atom stereocenters. The van der Waals surface area contributed by atoms with Gasteiger partial charge in [-0.25, -0.2) is 13.6 Å². The molecule has 1 rings (SSSR count). The summed E-state index contributed by atoms with van der Waals surface area (Å²) < 4.78 is 22.2. The van der Waals surface area contributed by atoms with Crippen LogP contribution in [0.15, 0.2) is 29.2 Å². The largest absolute Gasteiger partial charge is 0.332 e. The first kappa shape index (κ1) is 13.6. The first-order chi connectivity index (χ1) is 7.79. The van der Waals surface area contributed by atoms with Crippen LogP contribution in [0, 0.1) is 0 Å². The highest BCUT2D eigenvalue weighted by Crippen LogP contribution is 2.13. The zero-order valence-electron chi connectivity index (χ0n) is 8.93. The standard InChI is InChI=1S/C9H11N3O3S2/c1-6(13)11-9(16)12-7-3-2-4-8(5-7)17(10,14)15/h2-5H,1H3,(H2,10,14,15)(H2,11,12,13,16). The van der Waals surface area contributed by atoms with Crippen molar-refractivity contribution in [2.75, 3.05) is 5.32 Å². The number of nitrogens with two attached hydrogens (primary N) is 1. The number of carbonyl (C=O) groups is 1. The second-order valence-electron chi connectivity index (χ2n) is 3.21. The van der Waals surface area contributed by atoms with E-state index in [9.17, 15) is 13.2 Å². The number of nitrogens with one attached hydrogen (secondary N) is 2. The van der Waals surface area contributed by atoms with Gasteiger partial charge < -0.3 is 10.6 Å². The van der Waals surface area contributed by atoms with Crippen LogP contribution in [0.5, 0.6) is 0 Å². The minimum absolute atomic E-state index is 0.0341. The molecule has 0 spiro atoms. The van der Waals surface area contributed by atoms with Crippen LogP contribution >= 0.6 is 12.2 Å². The highest BCUT2D eigenvalue weighted by atomic mass is 32.2. The van der Waals surface area contributed by atoms with Crippen molar-refractivity contribution in [3.63, 3.8) is 0 Å². The summed E-state index contributed by atoms with van der Waals surface area (Å²) in [6, 6.07) is 5.80. The van der Waals surface area contributed by atoms with E-state index in [4.69, 9.17) is 17.4 Å². The van der Waals surface area contributed by atoms with E-state index < -0.39 is 10.0 Å². The van der Waals surface area contributed by atoms with Gasteiger partial charge in [0.15, 0.2) is 5.11 Å². The Morgan fingerprint density at radius 1 is 1.41 bits per heavy atom. The molecule has 0 bridgehead atoms. The third-order valence-corrected chi connectivity index (χ3v) is 2.83. The van der Waals surface area contributed by atoms with Crippen molar-refractivity contribution in [1.82, 2.24) is 5.32 Å². The van der Waals surface area contributed by atoms with Crippen LogP contribution in [0.3, 0.4) is 0 Å². The number of hydrogen-bond donors (Lipinski definition) is 3. The summed E-state index contributed by atoms with van der Waals surface area (Å²) >= 11 is 4.83. The van der Waals surface area contributed by atoms with Gasteiger partial charge in [-0.05, 0) is 30.4 Å². The first-order valence-electron chi connectivity index (χ1n) is 4.50. The summed E-state index contributed by atoms with van der Waals surface area (Å²) in [4.78, 5) is 10.7. The Morgan fingerprint density at radius 2 is 2.06 bits per heavy atom. The molecule has 0 fully saturated rings. The molecule has 0 saturated carbocycles. The molecule has 1 aromatic carbocycles. The summed E-state index contributed by atoms with van der Waals surface area (Å²) in [6.45, 7) is 1.31. The highest BCUT2D eigenvalue weighted by molar-refractivity contribution is 7.89. The number of thiocarbonyl (C=S) groups is 1. The normalized spacial score (nSPS) is 10.7. The topological polar surface area (TPSA) is 101 Å². The predicted molar refractivity (Wildman–Crippen MR) is 67.9 cm³/mol. The average Bonchev–Trinajstić information content (AvgIpc) is 2.15. The van der Waals surface area contributed by atoms with Gasteiger partial charge in [0.25, 0.3) is 0 Å². The second-order valence-corrected chi connectivity index (χ2v) is 5.18. The molecule has 0 saturated heterocycles. The van der Waals surface area contributed by atoms with Crippen LogP contribution in [0.2, 0.25) is 0 Å². The van der Waals surface area contributed by atoms with Crippen LogP contribution in [0.25, 0.3) is 0 Å². The van der Waals surface area contributed by atoms with Crippen molar-refractivity contribution in [3.05, 3.63) is 24.3 Å². The molecule has 17 heavy (non-hydrogen) atoms. The van der Waals surface area contributed by atoms with Gasteiger partial charge in [0.2, 0.25) is 15.9 Å². The molecule has 0 aliphatic carbocycles. The maximum atomic E-state index is 11.1. The molecule has 0 heterocycles. The average molecular weight is 273 g/mol. The molecule has 92 valence electrons. The molecule has 0 aromatic heterocycles. The summed E-state index contributed by atoms with van der Waals surface area (Å²) in [7, 11) is -3.75. The van der Waals surface area contributed by atoms with E-state index in [0.717, 1.165) is 0 Å². The number of amides is 1. The number of anilines is 1. The Balaban J connectivity index is 2.87. The van der Waals surface area contributed by atoms with Gasteiger partial charge >= 0.3 is 0 Å². The molecule has 1 aromatic rings. The van der Waals surface area contributed by atoms with Gasteiger partial charge in [-0.1, -0.05) is 6.07 Å². The predicted octanol–water partition coefficient (Wildman–Crippen LogP) is 0.167. The van der Waals surface area contributed by atoms with E-state index in [1.165, 1.54) is 25.1 Å². The van der Waals surface area contributed by atoms with Gasteiger partial charge in [-0.3, -0.25) is 4.79 Å². The summed E-state index contributed by atoms with van der Waals surface area (Å²) in [5, 5.41) is 10.1. The maximum absolute atomic E-state index is 11.1. The summed E-state index contributed by atoms with van der Waals surface area (Å²) in [5.41, 5.74) is 0.426. The van der Waals surface area contributed by atoms with Crippen molar-refractivity contribution in [2.45, 2.75) is 11.8 Å². The molecular formula is C9H11N3O3S2. The fraction of sp³-hybridized carbons (Fsp3) is 0.111. The molecule has 8 heteroatoms. The van der Waals surface area contributed by atoms with Gasteiger partial charge in [0.1, 0.15) is 0 Å². The van der Waals surface area contributed by atoms with Crippen LogP contribution < -0.4 is 15.8 Å². The lowest BCUT2D eigenvalue weighted by atomic mass is 10.3. The number of rotatable bonds is 2. The van der Waals surface area contributed by atoms with Gasteiger partial charge in [0.05, 0.1) is 4.90 Å². The first-order valence-corrected chi connectivity index (χ1v) is 6.46. The van der Waals surface area contributed by atoms with Gasteiger partial charge in [0, 0.05) is 12.6 Å². The Hall–Kier alpha value is -1.51. The molecule has 4 N–H and O–H groups in total. The van der Waals surface area contributed by atoms with Crippen LogP contribution in [0.4, 0.5) is 5.69 Å². The van der Waals surface area contributed by atoms with Gasteiger partial charge in [-0.2, -0.15) is 0 Å². The SMILES string of the molecule is CC(=O)NC(=S)Nc1cccc(S(N)(=O)=O)c1. The molecule has 0 aliphatic heterocycles. The Labute approximate surface area is 104 Å². The van der Waals surface area contributed by atoms with E-state index in [0.29, 0.717) is 5.69 Å². The molecule has 0 unspecified atom stereocenters. The number of hydrogen-bond acceptors (Lipinski definition) is 4. The fourth-order valence-electron chi connectivity index (χ4n) is 1.07. The maximum Gasteiger partial charge on any atom is 0.238 e. The molecule has 0 radical (unpaired) electrons. The quantitative estimate of drug-likeness (QED) is 0.667. The molecule has 6 nitrogen and oxygen atoms in total. The van der Waals surface area contributed by atoms with E-state index in [1.54, 1.807) is 6.07 Å². The third-order valence-electron chi connectivity index (χ3n) is 1.71. The Morgan fingerprint density at radius 3 is 2.59 bits per heavy atom. The number of carbonyl (C=O) groups excluding carboxylic acids is 1. The van der Waals surface area contributed by atoms with Crippen LogP contribution in [0.1, 0.15) is 6.92 Å². The van der Waals surface area contributed by atoms with Crippen LogP contribution in [-0.2, 0) is 14.8 Å². The second kappa shape index (κ2) is 5.21.